The summed E-state index contributed by atoms with van der Waals surface area (Å²) < 4.78 is 37.9. The lowest BCUT2D eigenvalue weighted by Gasteiger charge is -2.12. The van der Waals surface area contributed by atoms with Crippen LogP contribution in [0.25, 0.3) is 0 Å². The number of nitrogens with one attached hydrogen (secondary N) is 3. The van der Waals surface area contributed by atoms with Crippen LogP contribution in [0.4, 0.5) is 10.1 Å². The van der Waals surface area contributed by atoms with Crippen LogP contribution >= 0.6 is 12.4 Å². The molecule has 1 unspecified atom stereocenters. The largest absolute Gasteiger partial charge is 0.350 e. The average molecular weight is 352 g/mol. The summed E-state index contributed by atoms with van der Waals surface area (Å²) in [5.74, 6) is -1.09. The highest BCUT2D eigenvalue weighted by molar-refractivity contribution is 7.92. The molecule has 2 rings (SSSR count). The number of halogens is 2. The van der Waals surface area contributed by atoms with Crippen molar-refractivity contribution in [2.45, 2.75) is 18.9 Å². The van der Waals surface area contributed by atoms with E-state index in [0.717, 1.165) is 31.7 Å². The number of anilines is 1. The van der Waals surface area contributed by atoms with Crippen LogP contribution in [0.5, 0.6) is 0 Å². The van der Waals surface area contributed by atoms with E-state index in [1.807, 2.05) is 4.72 Å². The van der Waals surface area contributed by atoms with Gasteiger partial charge in [-0.1, -0.05) is 0 Å². The maximum Gasteiger partial charge on any atom is 0.251 e. The second-order valence-corrected chi connectivity index (χ2v) is 6.82. The normalized spacial score (nSPS) is 17.6. The summed E-state index contributed by atoms with van der Waals surface area (Å²) in [4.78, 5) is 12.0. The number of amides is 1. The molecule has 1 saturated heterocycles. The van der Waals surface area contributed by atoms with Crippen LogP contribution in [0.15, 0.2) is 18.2 Å². The zero-order valence-electron chi connectivity index (χ0n) is 12.1. The Labute approximate surface area is 135 Å². The molecule has 22 heavy (non-hydrogen) atoms. The molecule has 1 aromatic rings. The van der Waals surface area contributed by atoms with Gasteiger partial charge in [0.15, 0.2) is 0 Å². The van der Waals surface area contributed by atoms with Crippen molar-refractivity contribution in [1.82, 2.24) is 10.6 Å². The van der Waals surface area contributed by atoms with Crippen LogP contribution in [0.2, 0.25) is 0 Å². The fraction of sp³-hybridized carbons (Fsp3) is 0.462. The van der Waals surface area contributed by atoms with E-state index >= 15 is 0 Å². The van der Waals surface area contributed by atoms with E-state index in [1.165, 1.54) is 12.1 Å². The Morgan fingerprint density at radius 3 is 2.77 bits per heavy atom. The molecule has 1 aliphatic heterocycles. The molecule has 3 N–H and O–H groups in total. The molecule has 0 aromatic heterocycles. The Morgan fingerprint density at radius 1 is 1.45 bits per heavy atom. The van der Waals surface area contributed by atoms with E-state index in [4.69, 9.17) is 0 Å². The first kappa shape index (κ1) is 18.7. The summed E-state index contributed by atoms with van der Waals surface area (Å²) in [5, 5.41) is 6.00. The van der Waals surface area contributed by atoms with Crippen molar-refractivity contribution in [2.75, 3.05) is 24.1 Å². The first-order valence-electron chi connectivity index (χ1n) is 6.64. The van der Waals surface area contributed by atoms with Crippen molar-refractivity contribution in [3.63, 3.8) is 0 Å². The minimum Gasteiger partial charge on any atom is -0.350 e. The van der Waals surface area contributed by atoms with Crippen molar-refractivity contribution < 1.29 is 17.6 Å². The summed E-state index contributed by atoms with van der Waals surface area (Å²) in [6.07, 6.45) is 3.01. The highest BCUT2D eigenvalue weighted by Crippen LogP contribution is 2.17. The molecule has 0 aliphatic carbocycles. The summed E-state index contributed by atoms with van der Waals surface area (Å²) in [5.41, 5.74) is -0.0234. The summed E-state index contributed by atoms with van der Waals surface area (Å²) >= 11 is 0. The molecule has 0 spiro atoms. The van der Waals surface area contributed by atoms with Crippen LogP contribution in [0.1, 0.15) is 23.2 Å². The molecule has 1 amide bonds. The number of sulfonamides is 1. The fourth-order valence-electron chi connectivity index (χ4n) is 2.19. The Morgan fingerprint density at radius 2 is 2.18 bits per heavy atom. The maximum absolute atomic E-state index is 13.5. The number of carbonyl (C=O) groups excluding carboxylic acids is 1. The monoisotopic (exact) mass is 351 g/mol. The van der Waals surface area contributed by atoms with Crippen molar-refractivity contribution in [3.8, 4) is 0 Å². The number of rotatable bonds is 5. The fourth-order valence-corrected chi connectivity index (χ4v) is 2.75. The summed E-state index contributed by atoms with van der Waals surface area (Å²) in [6, 6.07) is 3.83. The Balaban J connectivity index is 0.00000242. The Bertz CT molecular complexity index is 633. The van der Waals surface area contributed by atoms with Gasteiger partial charge < -0.3 is 10.6 Å². The molecule has 0 radical (unpaired) electrons. The lowest BCUT2D eigenvalue weighted by atomic mass is 10.1. The van der Waals surface area contributed by atoms with E-state index in [2.05, 4.69) is 10.6 Å². The van der Waals surface area contributed by atoms with Crippen LogP contribution in [0, 0.1) is 5.82 Å². The van der Waals surface area contributed by atoms with Gasteiger partial charge in [0.05, 0.1) is 11.9 Å². The van der Waals surface area contributed by atoms with Crippen LogP contribution < -0.4 is 15.4 Å². The van der Waals surface area contributed by atoms with Gasteiger partial charge in [0.1, 0.15) is 5.82 Å². The standard InChI is InChI=1S/C13H18FN3O3S.ClH/c1-21(19,20)17-12-7-9(4-5-11(12)14)13(18)16-8-10-3-2-6-15-10;/h4-5,7,10,15,17H,2-3,6,8H2,1H3,(H,16,18);1H. The third-order valence-electron chi connectivity index (χ3n) is 3.20. The smallest absolute Gasteiger partial charge is 0.251 e. The number of hydrogen-bond acceptors (Lipinski definition) is 4. The van der Waals surface area contributed by atoms with Gasteiger partial charge in [-0.25, -0.2) is 12.8 Å². The highest BCUT2D eigenvalue weighted by atomic mass is 35.5. The molecule has 9 heteroatoms. The molecule has 1 heterocycles. The number of hydrogen-bond donors (Lipinski definition) is 3. The van der Waals surface area contributed by atoms with Gasteiger partial charge in [0.2, 0.25) is 10.0 Å². The van der Waals surface area contributed by atoms with Gasteiger partial charge in [-0.2, -0.15) is 0 Å². The number of benzene rings is 1. The van der Waals surface area contributed by atoms with Gasteiger partial charge in [0, 0.05) is 18.2 Å². The zero-order valence-corrected chi connectivity index (χ0v) is 13.7. The second-order valence-electron chi connectivity index (χ2n) is 5.07. The molecule has 124 valence electrons. The molecule has 6 nitrogen and oxygen atoms in total. The Hall–Kier alpha value is -1.38. The maximum atomic E-state index is 13.5. The molecule has 0 bridgehead atoms. The van der Waals surface area contributed by atoms with Crippen LogP contribution in [-0.2, 0) is 10.0 Å². The van der Waals surface area contributed by atoms with E-state index in [1.54, 1.807) is 0 Å². The van der Waals surface area contributed by atoms with Crippen molar-refractivity contribution in [1.29, 1.82) is 0 Å². The van der Waals surface area contributed by atoms with Crippen molar-refractivity contribution >= 4 is 34.0 Å². The lowest BCUT2D eigenvalue weighted by Crippen LogP contribution is -2.37. The molecule has 1 atom stereocenters. The molecule has 1 aromatic carbocycles. The van der Waals surface area contributed by atoms with Gasteiger partial charge in [-0.3, -0.25) is 9.52 Å². The second kappa shape index (κ2) is 7.75. The quantitative estimate of drug-likeness (QED) is 0.741. The van der Waals surface area contributed by atoms with Crippen molar-refractivity contribution in [3.05, 3.63) is 29.6 Å². The zero-order chi connectivity index (χ0) is 15.5. The van der Waals surface area contributed by atoms with Crippen molar-refractivity contribution in [2.24, 2.45) is 0 Å². The van der Waals surface area contributed by atoms with Gasteiger partial charge in [-0.05, 0) is 37.6 Å². The van der Waals surface area contributed by atoms with Gasteiger partial charge in [-0.15, -0.1) is 12.4 Å². The van der Waals surface area contributed by atoms with Gasteiger partial charge >= 0.3 is 0 Å². The third-order valence-corrected chi connectivity index (χ3v) is 3.79. The van der Waals surface area contributed by atoms with E-state index in [-0.39, 0.29) is 35.6 Å². The van der Waals surface area contributed by atoms with Gasteiger partial charge in [0.25, 0.3) is 5.91 Å². The molecular formula is C13H19ClFN3O3S. The lowest BCUT2D eigenvalue weighted by molar-refractivity contribution is 0.0950. The third kappa shape index (κ3) is 5.43. The minimum absolute atomic E-state index is 0. The Kier molecular flexibility index (Phi) is 6.58. The highest BCUT2D eigenvalue weighted by Gasteiger charge is 2.16. The molecule has 0 saturated carbocycles. The average Bonchev–Trinajstić information content (AvgIpc) is 2.90. The van der Waals surface area contributed by atoms with E-state index < -0.39 is 15.8 Å². The molecule has 1 aliphatic rings. The first-order chi connectivity index (χ1) is 9.85. The molecular weight excluding hydrogens is 333 g/mol. The molecule has 1 fully saturated rings. The summed E-state index contributed by atoms with van der Waals surface area (Å²) in [6.45, 7) is 1.44. The predicted octanol–water partition coefficient (Wildman–Crippen LogP) is 1.10. The minimum atomic E-state index is -3.60. The topological polar surface area (TPSA) is 87.3 Å². The summed E-state index contributed by atoms with van der Waals surface area (Å²) in [7, 11) is -3.60. The predicted molar refractivity (Wildman–Crippen MR) is 85.5 cm³/mol. The number of carbonyl (C=O) groups is 1. The van der Waals surface area contributed by atoms with Crippen LogP contribution in [-0.4, -0.2) is 39.7 Å². The first-order valence-corrected chi connectivity index (χ1v) is 8.53. The SMILES string of the molecule is CS(=O)(=O)Nc1cc(C(=O)NCC2CCCN2)ccc1F.Cl. The van der Waals surface area contributed by atoms with E-state index in [0.29, 0.717) is 6.54 Å². The van der Waals surface area contributed by atoms with E-state index in [9.17, 15) is 17.6 Å². The van der Waals surface area contributed by atoms with Crippen LogP contribution in [0.3, 0.4) is 0 Å².